The molecule has 0 saturated carbocycles. The topological polar surface area (TPSA) is 20.2 Å². The second-order valence-corrected chi connectivity index (χ2v) is 2.44. The third kappa shape index (κ3) is 2.24. The summed E-state index contributed by atoms with van der Waals surface area (Å²) in [7, 11) is 0. The van der Waals surface area contributed by atoms with Gasteiger partial charge in [-0.05, 0) is 12.1 Å². The Morgan fingerprint density at radius 3 is 2.30 bits per heavy atom. The standard InChI is InChI=1S/C7H8OS.Ru/c1-9-7-5-3-2-4-6(7)8;/h2-5,8-9H,1H2;. The molecule has 56 valence electrons. The van der Waals surface area contributed by atoms with E-state index in [-0.39, 0.29) is 19.5 Å². The minimum Gasteiger partial charge on any atom is -0.507 e. The first-order chi connectivity index (χ1) is 4.34. The van der Waals surface area contributed by atoms with Gasteiger partial charge in [0.15, 0.2) is 0 Å². The van der Waals surface area contributed by atoms with Crippen molar-refractivity contribution in [3.05, 3.63) is 24.3 Å². The van der Waals surface area contributed by atoms with Crippen molar-refractivity contribution in [2.24, 2.45) is 0 Å². The first-order valence-corrected chi connectivity index (χ1v) is 3.67. The number of phenols is 1. The van der Waals surface area contributed by atoms with Gasteiger partial charge in [0.1, 0.15) is 5.75 Å². The monoisotopic (exact) mass is 242 g/mol. The van der Waals surface area contributed by atoms with Crippen molar-refractivity contribution in [3.8, 4) is 5.75 Å². The van der Waals surface area contributed by atoms with Crippen LogP contribution in [-0.2, 0) is 19.5 Å². The third-order valence-corrected chi connectivity index (χ3v) is 1.77. The summed E-state index contributed by atoms with van der Waals surface area (Å²) in [4.78, 5) is 0.873. The molecule has 3 heteroatoms. The first kappa shape index (κ1) is 9.86. The van der Waals surface area contributed by atoms with Crippen molar-refractivity contribution < 1.29 is 24.6 Å². The van der Waals surface area contributed by atoms with Crippen molar-refractivity contribution in [2.75, 3.05) is 0 Å². The van der Waals surface area contributed by atoms with Crippen LogP contribution < -0.4 is 0 Å². The van der Waals surface area contributed by atoms with Crippen LogP contribution in [0.2, 0.25) is 0 Å². The van der Waals surface area contributed by atoms with Gasteiger partial charge in [-0.15, -0.1) is 0 Å². The van der Waals surface area contributed by atoms with Gasteiger partial charge in [-0.1, -0.05) is 18.0 Å². The number of aromatic hydroxyl groups is 1. The third-order valence-electron chi connectivity index (χ3n) is 1.05. The maximum atomic E-state index is 9.06. The average Bonchev–Trinajstić information content (AvgIpc) is 1.89. The molecule has 0 spiro atoms. The largest absolute Gasteiger partial charge is 0.507 e. The summed E-state index contributed by atoms with van der Waals surface area (Å²) in [5, 5.41) is 9.06. The number of hydrogen-bond acceptors (Lipinski definition) is 1. The number of benzene rings is 1. The molecule has 0 unspecified atom stereocenters. The van der Waals surface area contributed by atoms with Crippen LogP contribution in [-0.4, -0.2) is 11.0 Å². The first-order valence-electron chi connectivity index (χ1n) is 2.59. The smallest absolute Gasteiger partial charge is 0.128 e. The van der Waals surface area contributed by atoms with Gasteiger partial charge in [0.05, 0.1) is 0 Å². The molecule has 1 N–H and O–H groups in total. The summed E-state index contributed by atoms with van der Waals surface area (Å²) in [6.07, 6.45) is 0. The second kappa shape index (κ2) is 4.64. The Labute approximate surface area is 76.8 Å². The molecule has 1 aromatic rings. The molecule has 0 aliphatic rings. The number of para-hydroxylation sites is 1. The molecule has 0 amide bonds. The molecule has 0 aromatic heterocycles. The van der Waals surface area contributed by atoms with Crippen molar-refractivity contribution in [1.29, 1.82) is 0 Å². The Morgan fingerprint density at radius 2 is 1.90 bits per heavy atom. The normalized spacial score (nSPS) is 8.40. The van der Waals surface area contributed by atoms with Crippen LogP contribution in [0.25, 0.3) is 0 Å². The van der Waals surface area contributed by atoms with E-state index in [1.54, 1.807) is 12.1 Å². The Morgan fingerprint density at radius 1 is 1.30 bits per heavy atom. The number of phenolic OH excluding ortho intramolecular Hbond substituents is 1. The second-order valence-electron chi connectivity index (χ2n) is 1.65. The molecule has 0 fully saturated rings. The summed E-state index contributed by atoms with van der Waals surface area (Å²) in [6.45, 7) is 0. The molecule has 1 aromatic carbocycles. The van der Waals surface area contributed by atoms with Crippen molar-refractivity contribution in [2.45, 2.75) is 4.90 Å². The van der Waals surface area contributed by atoms with Gasteiger partial charge in [-0.2, -0.15) is 11.4 Å². The van der Waals surface area contributed by atoms with E-state index in [0.717, 1.165) is 16.2 Å². The van der Waals surface area contributed by atoms with Gasteiger partial charge in [0.2, 0.25) is 0 Å². The van der Waals surface area contributed by atoms with E-state index in [2.05, 4.69) is 5.87 Å². The van der Waals surface area contributed by atoms with Crippen molar-refractivity contribution in [1.82, 2.24) is 0 Å². The predicted octanol–water partition coefficient (Wildman–Crippen LogP) is 1.65. The molecule has 0 heterocycles. The van der Waals surface area contributed by atoms with E-state index < -0.39 is 0 Å². The van der Waals surface area contributed by atoms with E-state index in [9.17, 15) is 0 Å². The summed E-state index contributed by atoms with van der Waals surface area (Å²) in [5.74, 6) is 3.96. The number of hydrogen-bond donors (Lipinski definition) is 2. The van der Waals surface area contributed by atoms with Crippen molar-refractivity contribution in [3.63, 3.8) is 0 Å². The predicted molar refractivity (Wildman–Crippen MR) is 42.5 cm³/mol. The van der Waals surface area contributed by atoms with Gasteiger partial charge >= 0.3 is 0 Å². The molecule has 0 bridgehead atoms. The minimum absolute atomic E-state index is 0. The fourth-order valence-electron chi connectivity index (χ4n) is 0.598. The quantitative estimate of drug-likeness (QED) is 0.435. The molecular formula is C7H8ORuS. The fraction of sp³-hybridized carbons (Fsp3) is 0. The van der Waals surface area contributed by atoms with Crippen LogP contribution in [0.3, 0.4) is 0 Å². The minimum atomic E-state index is 0. The number of rotatable bonds is 1. The molecule has 0 radical (unpaired) electrons. The van der Waals surface area contributed by atoms with E-state index in [1.165, 1.54) is 0 Å². The Hall–Kier alpha value is -0.137. The molecule has 10 heavy (non-hydrogen) atoms. The van der Waals surface area contributed by atoms with E-state index in [4.69, 9.17) is 5.11 Å². The molecule has 1 nitrogen and oxygen atoms in total. The van der Waals surface area contributed by atoms with E-state index >= 15 is 0 Å². The van der Waals surface area contributed by atoms with Gasteiger partial charge in [-0.3, -0.25) is 0 Å². The zero-order valence-corrected chi connectivity index (χ0v) is 7.90. The van der Waals surface area contributed by atoms with Gasteiger partial charge < -0.3 is 5.11 Å². The molecule has 0 aliphatic heterocycles. The SMILES string of the molecule is C=[SH]c1ccccc1O.[Ru]. The Balaban J connectivity index is 0.000000810. The molecule has 0 saturated heterocycles. The zero-order chi connectivity index (χ0) is 6.69. The Bertz CT molecular complexity index is 225. The summed E-state index contributed by atoms with van der Waals surface area (Å²) < 4.78 is 0. The average molecular weight is 241 g/mol. The van der Waals surface area contributed by atoms with E-state index in [1.807, 2.05) is 12.1 Å². The van der Waals surface area contributed by atoms with Gasteiger partial charge in [0.25, 0.3) is 0 Å². The maximum absolute atomic E-state index is 9.06. The van der Waals surface area contributed by atoms with Crippen molar-refractivity contribution >= 4 is 17.2 Å². The molecule has 0 atom stereocenters. The van der Waals surface area contributed by atoms with Gasteiger partial charge in [-0.25, -0.2) is 0 Å². The van der Waals surface area contributed by atoms with Crippen LogP contribution in [0.4, 0.5) is 0 Å². The van der Waals surface area contributed by atoms with Crippen LogP contribution in [0.15, 0.2) is 29.2 Å². The van der Waals surface area contributed by atoms with Crippen LogP contribution in [0.1, 0.15) is 0 Å². The summed E-state index contributed by atoms with van der Waals surface area (Å²) >= 11 is 0.862. The van der Waals surface area contributed by atoms with Gasteiger partial charge in [0, 0.05) is 24.4 Å². The van der Waals surface area contributed by atoms with Crippen LogP contribution in [0, 0.1) is 0 Å². The Kier molecular flexibility index (Phi) is 4.58. The summed E-state index contributed by atoms with van der Waals surface area (Å²) in [6, 6.07) is 7.19. The fourth-order valence-corrected chi connectivity index (χ4v) is 1.03. The molecule has 1 rings (SSSR count). The summed E-state index contributed by atoms with van der Waals surface area (Å²) in [5.41, 5.74) is 0. The number of thiol groups is 1. The van der Waals surface area contributed by atoms with Crippen LogP contribution >= 0.6 is 11.4 Å². The van der Waals surface area contributed by atoms with Crippen LogP contribution in [0.5, 0.6) is 5.75 Å². The zero-order valence-electron chi connectivity index (χ0n) is 5.26. The molecular weight excluding hydrogens is 233 g/mol. The molecule has 0 aliphatic carbocycles. The van der Waals surface area contributed by atoms with E-state index in [0.29, 0.717) is 5.75 Å². The maximum Gasteiger partial charge on any atom is 0.128 e.